The summed E-state index contributed by atoms with van der Waals surface area (Å²) in [5, 5.41) is 24.8. The second-order valence-electron chi connectivity index (χ2n) is 7.40. The van der Waals surface area contributed by atoms with Crippen LogP contribution in [0.1, 0.15) is 23.5 Å². The molecule has 3 unspecified atom stereocenters. The molecule has 9 nitrogen and oxygen atoms in total. The molecule has 2 aliphatic heterocycles. The minimum Gasteiger partial charge on any atom is -0.480 e. The largest absolute Gasteiger partial charge is 0.480 e. The first-order valence-corrected chi connectivity index (χ1v) is 11.3. The Labute approximate surface area is 197 Å². The molecule has 0 radical (unpaired) electrons. The van der Waals surface area contributed by atoms with E-state index >= 15 is 0 Å². The molecule has 0 saturated carbocycles. The van der Waals surface area contributed by atoms with Gasteiger partial charge in [0.15, 0.2) is 10.8 Å². The number of thiazole rings is 1. The number of halogens is 2. The van der Waals surface area contributed by atoms with Crippen molar-refractivity contribution < 1.29 is 28.9 Å². The van der Waals surface area contributed by atoms with E-state index in [1.165, 1.54) is 28.4 Å². The van der Waals surface area contributed by atoms with Gasteiger partial charge in [-0.1, -0.05) is 17.7 Å². The van der Waals surface area contributed by atoms with Crippen molar-refractivity contribution in [1.29, 1.82) is 0 Å². The van der Waals surface area contributed by atoms with Gasteiger partial charge in [-0.2, -0.15) is 0 Å². The van der Waals surface area contributed by atoms with Crippen LogP contribution in [0.25, 0.3) is 0 Å². The fraction of sp³-hybridized carbons (Fsp3) is 0.333. The van der Waals surface area contributed by atoms with E-state index in [0.29, 0.717) is 22.1 Å². The monoisotopic (exact) mass is 494 g/mol. The van der Waals surface area contributed by atoms with Crippen molar-refractivity contribution in [1.82, 2.24) is 15.2 Å². The molecule has 33 heavy (non-hydrogen) atoms. The maximum Gasteiger partial charge on any atom is 0.338 e. The Bertz CT molecular complexity index is 1140. The van der Waals surface area contributed by atoms with E-state index in [4.69, 9.17) is 16.3 Å². The number of carbonyl (C=O) groups is 2. The van der Waals surface area contributed by atoms with Crippen LogP contribution in [0.4, 0.5) is 4.39 Å². The number of amidine groups is 1. The van der Waals surface area contributed by atoms with Gasteiger partial charge in [0.2, 0.25) is 0 Å². The number of esters is 1. The van der Waals surface area contributed by atoms with Gasteiger partial charge in [-0.25, -0.2) is 14.2 Å². The number of carbonyl (C=O) groups excluding carboxylic acids is 1. The number of likely N-dealkylation sites (tertiary alicyclic amines) is 1. The van der Waals surface area contributed by atoms with Gasteiger partial charge in [-0.3, -0.25) is 14.7 Å². The van der Waals surface area contributed by atoms with Crippen LogP contribution >= 0.6 is 22.9 Å². The standard InChI is InChI=1S/C21H20ClFN4O5S/c1-2-32-21(31)15-13(8-27-9-14(28)17(27)20(29)30)25-18(19-24-5-6-33-19)26-16(15)11-4-3-10(23)7-12(11)22/h3-7,14,16-17,28H,2,8-9H2,1H3,(H,25,26)(H,29,30). The van der Waals surface area contributed by atoms with E-state index in [9.17, 15) is 24.2 Å². The number of carboxylic acids is 1. The van der Waals surface area contributed by atoms with Gasteiger partial charge in [-0.05, 0) is 19.1 Å². The highest BCUT2D eigenvalue weighted by molar-refractivity contribution is 7.11. The van der Waals surface area contributed by atoms with Crippen LogP contribution in [-0.2, 0) is 14.3 Å². The number of hydrogen-bond donors (Lipinski definition) is 3. The third-order valence-electron chi connectivity index (χ3n) is 5.31. The lowest BCUT2D eigenvalue weighted by Gasteiger charge is -2.43. The van der Waals surface area contributed by atoms with Gasteiger partial charge in [0.25, 0.3) is 0 Å². The molecule has 0 aliphatic carbocycles. The summed E-state index contributed by atoms with van der Waals surface area (Å²) in [6.45, 7) is 1.87. The van der Waals surface area contributed by atoms with Crippen LogP contribution in [0.5, 0.6) is 0 Å². The highest BCUT2D eigenvalue weighted by atomic mass is 35.5. The molecule has 174 valence electrons. The van der Waals surface area contributed by atoms with E-state index in [0.717, 1.165) is 6.07 Å². The van der Waals surface area contributed by atoms with Crippen molar-refractivity contribution in [2.45, 2.75) is 25.1 Å². The number of aromatic nitrogens is 1. The fourth-order valence-electron chi connectivity index (χ4n) is 3.81. The summed E-state index contributed by atoms with van der Waals surface area (Å²) in [6.07, 6.45) is 0.577. The number of hydrogen-bond acceptors (Lipinski definition) is 9. The average Bonchev–Trinajstić information content (AvgIpc) is 3.27. The molecular weight excluding hydrogens is 475 g/mol. The number of ether oxygens (including phenoxy) is 1. The van der Waals surface area contributed by atoms with E-state index in [-0.39, 0.29) is 30.3 Å². The number of nitrogens with one attached hydrogen (secondary N) is 1. The maximum absolute atomic E-state index is 13.7. The first-order chi connectivity index (χ1) is 15.8. The Morgan fingerprint density at radius 2 is 2.21 bits per heavy atom. The molecule has 1 aromatic heterocycles. The van der Waals surface area contributed by atoms with E-state index in [1.54, 1.807) is 18.5 Å². The number of aliphatic imine (C=N–C) groups is 1. The lowest BCUT2D eigenvalue weighted by atomic mass is 9.93. The Kier molecular flexibility index (Phi) is 6.75. The summed E-state index contributed by atoms with van der Waals surface area (Å²) < 4.78 is 19.0. The van der Waals surface area contributed by atoms with Crippen molar-refractivity contribution in [3.05, 3.63) is 62.5 Å². The summed E-state index contributed by atoms with van der Waals surface area (Å²) in [5.41, 5.74) is 0.848. The molecule has 1 fully saturated rings. The fourth-order valence-corrected chi connectivity index (χ4v) is 4.67. The van der Waals surface area contributed by atoms with Crippen molar-refractivity contribution >= 4 is 40.7 Å². The van der Waals surface area contributed by atoms with Crippen molar-refractivity contribution in [3.8, 4) is 0 Å². The summed E-state index contributed by atoms with van der Waals surface area (Å²) in [6, 6.07) is 1.74. The molecule has 0 bridgehead atoms. The molecule has 4 rings (SSSR count). The summed E-state index contributed by atoms with van der Waals surface area (Å²) in [7, 11) is 0. The SMILES string of the molecule is CCOC(=O)C1=C(CN2CC(O)C2C(=O)O)NC(c2nccs2)=NC1c1ccc(F)cc1Cl. The zero-order chi connectivity index (χ0) is 23.7. The Balaban J connectivity index is 1.82. The second-order valence-corrected chi connectivity index (χ2v) is 8.70. The summed E-state index contributed by atoms with van der Waals surface area (Å²) in [5.74, 6) is -2.02. The first kappa shape index (κ1) is 23.3. The lowest BCUT2D eigenvalue weighted by Crippen LogP contribution is -2.64. The van der Waals surface area contributed by atoms with Gasteiger partial charge in [0.05, 0.1) is 18.3 Å². The van der Waals surface area contributed by atoms with Gasteiger partial charge in [-0.15, -0.1) is 11.3 Å². The molecule has 12 heteroatoms. The minimum atomic E-state index is -1.17. The molecule has 3 atom stereocenters. The zero-order valence-electron chi connectivity index (χ0n) is 17.4. The average molecular weight is 495 g/mol. The lowest BCUT2D eigenvalue weighted by molar-refractivity contribution is -0.159. The number of aliphatic hydroxyl groups is 1. The molecule has 3 N–H and O–H groups in total. The van der Waals surface area contributed by atoms with Crippen LogP contribution in [-0.4, -0.2) is 69.7 Å². The number of nitrogens with zero attached hydrogens (tertiary/aromatic N) is 3. The van der Waals surface area contributed by atoms with E-state index in [1.807, 2.05) is 0 Å². The van der Waals surface area contributed by atoms with E-state index in [2.05, 4.69) is 15.3 Å². The smallest absolute Gasteiger partial charge is 0.338 e. The highest BCUT2D eigenvalue weighted by Crippen LogP contribution is 2.37. The maximum atomic E-state index is 13.7. The quantitative estimate of drug-likeness (QED) is 0.499. The predicted octanol–water partition coefficient (Wildman–Crippen LogP) is 1.97. The van der Waals surface area contributed by atoms with Crippen molar-refractivity contribution in [2.24, 2.45) is 4.99 Å². The molecule has 0 amide bonds. The number of rotatable bonds is 7. The van der Waals surface area contributed by atoms with Crippen LogP contribution in [0, 0.1) is 5.82 Å². The number of aliphatic carboxylic acids is 1. The topological polar surface area (TPSA) is 124 Å². The van der Waals surface area contributed by atoms with Crippen LogP contribution < -0.4 is 5.32 Å². The minimum absolute atomic E-state index is 0.00187. The van der Waals surface area contributed by atoms with Gasteiger partial charge in [0.1, 0.15) is 17.9 Å². The number of carboxylic acid groups (broad SMARTS) is 1. The molecule has 3 heterocycles. The molecule has 0 spiro atoms. The summed E-state index contributed by atoms with van der Waals surface area (Å²) >= 11 is 7.64. The van der Waals surface area contributed by atoms with Gasteiger partial charge in [0, 0.05) is 40.9 Å². The molecule has 2 aliphatic rings. The Morgan fingerprint density at radius 3 is 2.82 bits per heavy atom. The number of aliphatic hydroxyl groups excluding tert-OH is 1. The van der Waals surface area contributed by atoms with Crippen LogP contribution in [0.15, 0.2) is 46.0 Å². The molecular formula is C21H20ClFN4O5S. The highest BCUT2D eigenvalue weighted by Gasteiger charge is 2.45. The summed E-state index contributed by atoms with van der Waals surface area (Å²) in [4.78, 5) is 35.0. The first-order valence-electron chi connectivity index (χ1n) is 10.0. The number of benzene rings is 1. The zero-order valence-corrected chi connectivity index (χ0v) is 18.9. The number of β-amino-alcohol motifs (C(OH)–C–C–N with tert-alkyl or cyclic N) is 1. The van der Waals surface area contributed by atoms with Crippen molar-refractivity contribution in [3.63, 3.8) is 0 Å². The Morgan fingerprint density at radius 1 is 1.42 bits per heavy atom. The van der Waals surface area contributed by atoms with Gasteiger partial charge < -0.3 is 20.3 Å². The predicted molar refractivity (Wildman–Crippen MR) is 119 cm³/mol. The Hall–Kier alpha value is -2.86. The molecule has 2 aromatic rings. The third-order valence-corrected chi connectivity index (χ3v) is 6.41. The van der Waals surface area contributed by atoms with Crippen LogP contribution in [0.2, 0.25) is 5.02 Å². The van der Waals surface area contributed by atoms with E-state index < -0.39 is 35.9 Å². The van der Waals surface area contributed by atoms with Crippen LogP contribution in [0.3, 0.4) is 0 Å². The normalized spacial score (nSPS) is 22.9. The van der Waals surface area contributed by atoms with Crippen molar-refractivity contribution in [2.75, 3.05) is 19.7 Å². The third kappa shape index (κ3) is 4.62. The molecule has 1 saturated heterocycles. The van der Waals surface area contributed by atoms with Gasteiger partial charge >= 0.3 is 11.9 Å². The molecule has 1 aromatic carbocycles. The second kappa shape index (κ2) is 9.56.